The number of benzene rings is 1. The number of hydrogen-bond acceptors (Lipinski definition) is 5. The molecule has 0 bridgehead atoms. The number of methoxy groups -OCH3 is 1. The van der Waals surface area contributed by atoms with E-state index in [2.05, 4.69) is 16.9 Å². The maximum Gasteiger partial charge on any atom is 0.328 e. The molecule has 118 valence electrons. The van der Waals surface area contributed by atoms with E-state index < -0.39 is 6.04 Å². The molecule has 0 saturated carbocycles. The lowest BCUT2D eigenvalue weighted by atomic mass is 10.1. The van der Waals surface area contributed by atoms with Crippen molar-refractivity contribution in [3.8, 4) is 0 Å². The molecule has 0 radical (unpaired) electrons. The van der Waals surface area contributed by atoms with E-state index in [0.717, 1.165) is 31.2 Å². The fourth-order valence-corrected chi connectivity index (χ4v) is 2.29. The van der Waals surface area contributed by atoms with Gasteiger partial charge in [-0.05, 0) is 31.4 Å². The molecule has 0 saturated heterocycles. The molecule has 0 aliphatic rings. The predicted octanol–water partition coefficient (Wildman–Crippen LogP) is 3.92. The summed E-state index contributed by atoms with van der Waals surface area (Å²) in [6.07, 6.45) is 6.66. The van der Waals surface area contributed by atoms with E-state index in [-0.39, 0.29) is 5.97 Å². The lowest BCUT2D eigenvalue weighted by Crippen LogP contribution is -2.30. The van der Waals surface area contributed by atoms with Crippen molar-refractivity contribution in [3.63, 3.8) is 0 Å². The van der Waals surface area contributed by atoms with Crippen LogP contribution in [-0.4, -0.2) is 24.1 Å². The summed E-state index contributed by atoms with van der Waals surface area (Å²) >= 11 is 0. The van der Waals surface area contributed by atoms with Gasteiger partial charge in [0.2, 0.25) is 0 Å². The molecule has 2 rings (SSSR count). The van der Waals surface area contributed by atoms with Crippen molar-refractivity contribution in [1.82, 2.24) is 4.98 Å². The van der Waals surface area contributed by atoms with E-state index in [1.165, 1.54) is 7.11 Å². The van der Waals surface area contributed by atoms with Crippen molar-refractivity contribution >= 4 is 23.1 Å². The minimum atomic E-state index is -0.443. The highest BCUT2D eigenvalue weighted by Crippen LogP contribution is 2.20. The molecule has 0 fully saturated rings. The van der Waals surface area contributed by atoms with Crippen molar-refractivity contribution < 1.29 is 13.9 Å². The highest BCUT2D eigenvalue weighted by atomic mass is 16.5. The fourth-order valence-electron chi connectivity index (χ4n) is 2.29. The predicted molar refractivity (Wildman–Crippen MR) is 86.7 cm³/mol. The lowest BCUT2D eigenvalue weighted by molar-refractivity contribution is -0.141. The van der Waals surface area contributed by atoms with Gasteiger partial charge in [0.1, 0.15) is 11.6 Å². The molecule has 0 aliphatic heterocycles. The molecule has 1 atom stereocenters. The van der Waals surface area contributed by atoms with Gasteiger partial charge < -0.3 is 14.5 Å². The van der Waals surface area contributed by atoms with Crippen LogP contribution in [0.5, 0.6) is 0 Å². The number of rotatable bonds is 9. The SMILES string of the molecule is C=CCCCCCC(Nc1nc2ccccc2o1)C(=O)OC. The maximum absolute atomic E-state index is 11.9. The molecule has 0 aliphatic carbocycles. The number of carbonyl (C=O) groups is 1. The maximum atomic E-state index is 11.9. The molecular weight excluding hydrogens is 280 g/mol. The van der Waals surface area contributed by atoms with Gasteiger partial charge in [-0.2, -0.15) is 4.98 Å². The Morgan fingerprint density at radius 2 is 2.23 bits per heavy atom. The Labute approximate surface area is 130 Å². The average Bonchev–Trinajstić information content (AvgIpc) is 2.95. The van der Waals surface area contributed by atoms with Crippen molar-refractivity contribution in [1.29, 1.82) is 0 Å². The number of aromatic nitrogens is 1. The normalized spacial score (nSPS) is 12.0. The third kappa shape index (κ3) is 4.35. The highest BCUT2D eigenvalue weighted by molar-refractivity contribution is 5.79. The number of ether oxygens (including phenoxy) is 1. The van der Waals surface area contributed by atoms with Gasteiger partial charge in [-0.15, -0.1) is 6.58 Å². The van der Waals surface area contributed by atoms with Crippen LogP contribution < -0.4 is 5.32 Å². The number of anilines is 1. The zero-order valence-electron chi connectivity index (χ0n) is 12.9. The third-order valence-corrected chi connectivity index (χ3v) is 3.48. The van der Waals surface area contributed by atoms with Crippen LogP contribution in [0.3, 0.4) is 0 Å². The average molecular weight is 302 g/mol. The summed E-state index contributed by atoms with van der Waals surface area (Å²) in [5.74, 6) is -0.300. The van der Waals surface area contributed by atoms with Crippen LogP contribution in [0.15, 0.2) is 41.3 Å². The van der Waals surface area contributed by atoms with E-state index in [0.29, 0.717) is 18.0 Å². The molecule has 22 heavy (non-hydrogen) atoms. The van der Waals surface area contributed by atoms with E-state index >= 15 is 0 Å². The largest absolute Gasteiger partial charge is 0.467 e. The first-order valence-corrected chi connectivity index (χ1v) is 7.55. The number of esters is 1. The smallest absolute Gasteiger partial charge is 0.328 e. The molecule has 1 aromatic heterocycles. The first-order chi connectivity index (χ1) is 10.7. The van der Waals surface area contributed by atoms with Gasteiger partial charge in [0.15, 0.2) is 5.58 Å². The molecule has 1 unspecified atom stereocenters. The molecule has 1 aromatic carbocycles. The molecule has 0 spiro atoms. The minimum absolute atomic E-state index is 0.300. The van der Waals surface area contributed by atoms with Gasteiger partial charge in [0, 0.05) is 0 Å². The summed E-state index contributed by atoms with van der Waals surface area (Å²) in [4.78, 5) is 16.2. The fraction of sp³-hybridized carbons (Fsp3) is 0.412. The van der Waals surface area contributed by atoms with E-state index in [1.54, 1.807) is 0 Å². The summed E-state index contributed by atoms with van der Waals surface area (Å²) < 4.78 is 10.4. The summed E-state index contributed by atoms with van der Waals surface area (Å²) in [6, 6.07) is 7.40. The molecule has 1 heterocycles. The second-order valence-electron chi connectivity index (χ2n) is 5.13. The number of unbranched alkanes of at least 4 members (excludes halogenated alkanes) is 3. The van der Waals surface area contributed by atoms with Gasteiger partial charge >= 0.3 is 5.97 Å². The van der Waals surface area contributed by atoms with Crippen LogP contribution in [0, 0.1) is 0 Å². The number of hydrogen-bond donors (Lipinski definition) is 1. The van der Waals surface area contributed by atoms with E-state index in [1.807, 2.05) is 30.3 Å². The van der Waals surface area contributed by atoms with Crippen LogP contribution >= 0.6 is 0 Å². The zero-order chi connectivity index (χ0) is 15.8. The second-order valence-corrected chi connectivity index (χ2v) is 5.13. The van der Waals surface area contributed by atoms with Gasteiger partial charge in [-0.3, -0.25) is 0 Å². The summed E-state index contributed by atoms with van der Waals surface area (Å²) in [6.45, 7) is 3.70. The molecule has 1 N–H and O–H groups in total. The summed E-state index contributed by atoms with van der Waals surface area (Å²) in [5.41, 5.74) is 1.46. The van der Waals surface area contributed by atoms with Gasteiger partial charge in [-0.1, -0.05) is 31.1 Å². The van der Waals surface area contributed by atoms with Crippen LogP contribution in [0.2, 0.25) is 0 Å². The van der Waals surface area contributed by atoms with E-state index in [9.17, 15) is 4.79 Å². The van der Waals surface area contributed by atoms with E-state index in [4.69, 9.17) is 9.15 Å². The summed E-state index contributed by atoms with van der Waals surface area (Å²) in [7, 11) is 1.39. The molecule has 0 amide bonds. The topological polar surface area (TPSA) is 64.4 Å². The Morgan fingerprint density at radius 1 is 1.41 bits per heavy atom. The van der Waals surface area contributed by atoms with Crippen LogP contribution in [0.4, 0.5) is 6.01 Å². The molecule has 5 nitrogen and oxygen atoms in total. The number of carbonyl (C=O) groups excluding carboxylic acids is 1. The van der Waals surface area contributed by atoms with Gasteiger partial charge in [-0.25, -0.2) is 4.79 Å². The van der Waals surface area contributed by atoms with Crippen LogP contribution in [-0.2, 0) is 9.53 Å². The molecular formula is C17H22N2O3. The van der Waals surface area contributed by atoms with Crippen LogP contribution in [0.1, 0.15) is 32.1 Å². The van der Waals surface area contributed by atoms with Crippen molar-refractivity contribution in [2.24, 2.45) is 0 Å². The Balaban J connectivity index is 1.96. The van der Waals surface area contributed by atoms with Gasteiger partial charge in [0.25, 0.3) is 6.01 Å². The zero-order valence-corrected chi connectivity index (χ0v) is 12.9. The van der Waals surface area contributed by atoms with Crippen LogP contribution in [0.25, 0.3) is 11.1 Å². The number of allylic oxidation sites excluding steroid dienone is 1. The van der Waals surface area contributed by atoms with Gasteiger partial charge in [0.05, 0.1) is 7.11 Å². The highest BCUT2D eigenvalue weighted by Gasteiger charge is 2.20. The number of nitrogens with zero attached hydrogens (tertiary/aromatic N) is 1. The molecule has 2 aromatic rings. The minimum Gasteiger partial charge on any atom is -0.467 e. The van der Waals surface area contributed by atoms with Crippen molar-refractivity contribution in [2.75, 3.05) is 12.4 Å². The van der Waals surface area contributed by atoms with Crippen molar-refractivity contribution in [3.05, 3.63) is 36.9 Å². The number of fused-ring (bicyclic) bond motifs is 1. The second kappa shape index (κ2) is 8.22. The Bertz CT molecular complexity index is 588. The number of oxazole rings is 1. The Kier molecular flexibility index (Phi) is 6.01. The quantitative estimate of drug-likeness (QED) is 0.432. The molecule has 5 heteroatoms. The first kappa shape index (κ1) is 16.1. The Morgan fingerprint density at radius 3 is 2.95 bits per heavy atom. The number of nitrogens with one attached hydrogen (secondary N) is 1. The summed E-state index contributed by atoms with van der Waals surface area (Å²) in [5, 5.41) is 3.04. The van der Waals surface area contributed by atoms with Crippen molar-refractivity contribution in [2.45, 2.75) is 38.1 Å². The number of para-hydroxylation sites is 2. The Hall–Kier alpha value is -2.30. The monoisotopic (exact) mass is 302 g/mol. The first-order valence-electron chi connectivity index (χ1n) is 7.55. The standard InChI is InChI=1S/C17H22N2O3/c1-3-4-5-6-7-11-14(16(20)21-2)19-17-18-13-10-8-9-12-15(13)22-17/h3,8-10,12,14H,1,4-7,11H2,2H3,(H,18,19). The lowest BCUT2D eigenvalue weighted by Gasteiger charge is -2.14. The third-order valence-electron chi connectivity index (χ3n) is 3.48.